The second-order valence-electron chi connectivity index (χ2n) is 4.27. The number of ether oxygens (including phenoxy) is 1. The quantitative estimate of drug-likeness (QED) is 0.648. The van der Waals surface area contributed by atoms with Crippen LogP contribution in [0.1, 0.15) is 11.1 Å². The Hall–Kier alpha value is -1.21. The first-order valence-electron chi connectivity index (χ1n) is 5.95. The van der Waals surface area contributed by atoms with Gasteiger partial charge in [0.2, 0.25) is 0 Å². The van der Waals surface area contributed by atoms with Gasteiger partial charge in [-0.15, -0.1) is 0 Å². The van der Waals surface area contributed by atoms with Crippen molar-refractivity contribution in [3.63, 3.8) is 0 Å². The Labute approximate surface area is 112 Å². The molecule has 104 valence electrons. The van der Waals surface area contributed by atoms with Gasteiger partial charge in [-0.3, -0.25) is 0 Å². The molecule has 1 heterocycles. The van der Waals surface area contributed by atoms with Crippen LogP contribution in [0.2, 0.25) is 0 Å². The molecular weight excluding hydrogens is 268 g/mol. The maximum atomic E-state index is 12.2. The molecule has 1 aromatic rings. The van der Waals surface area contributed by atoms with Crippen LogP contribution >= 0.6 is 0 Å². The van der Waals surface area contributed by atoms with Crippen molar-refractivity contribution in [1.29, 1.82) is 0 Å². The lowest BCUT2D eigenvalue weighted by Crippen LogP contribution is -2.18. The summed E-state index contributed by atoms with van der Waals surface area (Å²) in [5.41, 5.74) is 1.48. The molecule has 1 aliphatic rings. The molecule has 19 heavy (non-hydrogen) atoms. The molecule has 2 rings (SSSR count). The van der Waals surface area contributed by atoms with Crippen LogP contribution < -0.4 is 0 Å². The smallest absolute Gasteiger partial charge is 0.299 e. The third-order valence-corrected chi connectivity index (χ3v) is 4.12. The molecule has 1 atom stereocenters. The third-order valence-electron chi connectivity index (χ3n) is 2.74. The topological polar surface area (TPSA) is 72.8 Å². The zero-order valence-corrected chi connectivity index (χ0v) is 11.4. The normalized spacial score (nSPS) is 18.9. The van der Waals surface area contributed by atoms with E-state index in [1.807, 2.05) is 6.92 Å². The van der Waals surface area contributed by atoms with Crippen LogP contribution in [0.15, 0.2) is 35.2 Å². The van der Waals surface area contributed by atoms with Crippen LogP contribution in [-0.4, -0.2) is 33.0 Å². The van der Waals surface area contributed by atoms with Crippen LogP contribution in [0.4, 0.5) is 0 Å². The van der Waals surface area contributed by atoms with Crippen molar-refractivity contribution >= 4 is 10.1 Å². The number of aliphatic hydroxyl groups excluding tert-OH is 1. The first-order valence-corrected chi connectivity index (χ1v) is 7.36. The number of benzene rings is 1. The Bertz CT molecular complexity index is 577. The highest BCUT2D eigenvalue weighted by atomic mass is 32.2. The fourth-order valence-electron chi connectivity index (χ4n) is 1.88. The summed E-state index contributed by atoms with van der Waals surface area (Å²) in [5.74, 6) is 0. The number of rotatable bonds is 5. The lowest BCUT2D eigenvalue weighted by Gasteiger charge is -2.13. The Kier molecular flexibility index (Phi) is 4.36. The van der Waals surface area contributed by atoms with Crippen molar-refractivity contribution in [3.8, 4) is 0 Å². The van der Waals surface area contributed by atoms with E-state index in [0.717, 1.165) is 5.56 Å². The Morgan fingerprint density at radius 1 is 1.47 bits per heavy atom. The highest BCUT2D eigenvalue weighted by molar-refractivity contribution is 7.86. The first-order chi connectivity index (χ1) is 9.03. The summed E-state index contributed by atoms with van der Waals surface area (Å²) in [6, 6.07) is 4.93. The second-order valence-corrected chi connectivity index (χ2v) is 5.81. The molecule has 1 aromatic carbocycles. The molecular formula is C13H16O5S. The van der Waals surface area contributed by atoms with E-state index >= 15 is 0 Å². The second kappa shape index (κ2) is 5.83. The molecule has 0 spiro atoms. The van der Waals surface area contributed by atoms with Gasteiger partial charge in [-0.05, 0) is 31.1 Å². The molecule has 1 N–H and O–H groups in total. The van der Waals surface area contributed by atoms with Crippen LogP contribution in [0, 0.1) is 6.92 Å². The molecule has 0 bridgehead atoms. The van der Waals surface area contributed by atoms with E-state index in [-0.39, 0.29) is 17.9 Å². The summed E-state index contributed by atoms with van der Waals surface area (Å²) in [6.45, 7) is 2.09. The average Bonchev–Trinajstić information content (AvgIpc) is 2.81. The molecule has 0 saturated heterocycles. The van der Waals surface area contributed by atoms with Crippen molar-refractivity contribution in [2.24, 2.45) is 0 Å². The van der Waals surface area contributed by atoms with Gasteiger partial charge in [0.1, 0.15) is 0 Å². The van der Waals surface area contributed by atoms with E-state index in [4.69, 9.17) is 14.0 Å². The molecule has 1 aliphatic heterocycles. The summed E-state index contributed by atoms with van der Waals surface area (Å²) in [5, 5.41) is 9.01. The van der Waals surface area contributed by atoms with Crippen LogP contribution in [0.3, 0.4) is 0 Å². The SMILES string of the molecule is Cc1ccc(S(=O)(=O)O[C@H]2C=CCO2)c(CCO)c1. The Morgan fingerprint density at radius 3 is 2.89 bits per heavy atom. The molecule has 0 aliphatic carbocycles. The highest BCUT2D eigenvalue weighted by Gasteiger charge is 2.24. The minimum Gasteiger partial charge on any atom is -0.396 e. The Balaban J connectivity index is 2.30. The molecule has 0 aromatic heterocycles. The van der Waals surface area contributed by atoms with Gasteiger partial charge in [-0.1, -0.05) is 23.8 Å². The summed E-state index contributed by atoms with van der Waals surface area (Å²) in [7, 11) is -3.90. The zero-order chi connectivity index (χ0) is 13.9. The average molecular weight is 284 g/mol. The van der Waals surface area contributed by atoms with Gasteiger partial charge in [0.05, 0.1) is 11.5 Å². The highest BCUT2D eigenvalue weighted by Crippen LogP contribution is 2.22. The van der Waals surface area contributed by atoms with E-state index in [0.29, 0.717) is 12.2 Å². The van der Waals surface area contributed by atoms with Gasteiger partial charge in [-0.25, -0.2) is 4.18 Å². The number of hydrogen-bond acceptors (Lipinski definition) is 5. The van der Waals surface area contributed by atoms with E-state index < -0.39 is 16.4 Å². The van der Waals surface area contributed by atoms with E-state index in [9.17, 15) is 8.42 Å². The predicted molar refractivity (Wildman–Crippen MR) is 69.1 cm³/mol. The van der Waals surface area contributed by atoms with Gasteiger partial charge in [0, 0.05) is 6.61 Å². The fourth-order valence-corrected chi connectivity index (χ4v) is 3.07. The first kappa shape index (κ1) is 14.2. The monoisotopic (exact) mass is 284 g/mol. The van der Waals surface area contributed by atoms with Gasteiger partial charge in [0.15, 0.2) is 6.29 Å². The summed E-state index contributed by atoms with van der Waals surface area (Å²) < 4.78 is 34.4. The summed E-state index contributed by atoms with van der Waals surface area (Å²) >= 11 is 0. The van der Waals surface area contributed by atoms with E-state index in [1.165, 1.54) is 6.07 Å². The largest absolute Gasteiger partial charge is 0.396 e. The van der Waals surface area contributed by atoms with Gasteiger partial charge in [0.25, 0.3) is 10.1 Å². The number of aryl methyl sites for hydroxylation is 1. The van der Waals surface area contributed by atoms with Crippen molar-refractivity contribution < 1.29 is 22.4 Å². The zero-order valence-electron chi connectivity index (χ0n) is 10.6. The van der Waals surface area contributed by atoms with Crippen molar-refractivity contribution in [2.75, 3.05) is 13.2 Å². The molecule has 6 heteroatoms. The standard InChI is InChI=1S/C13H16O5S/c1-10-4-5-12(11(9-10)6-7-14)19(15,16)18-13-3-2-8-17-13/h2-5,9,13-14H,6-8H2,1H3/t13-/m0/s1. The maximum absolute atomic E-state index is 12.2. The van der Waals surface area contributed by atoms with Crippen LogP contribution in [0.5, 0.6) is 0 Å². The summed E-state index contributed by atoms with van der Waals surface area (Å²) in [6.07, 6.45) is 2.65. The van der Waals surface area contributed by atoms with Gasteiger partial charge < -0.3 is 9.84 Å². The fraction of sp³-hybridized carbons (Fsp3) is 0.385. The van der Waals surface area contributed by atoms with Gasteiger partial charge in [-0.2, -0.15) is 8.42 Å². The number of aliphatic hydroxyl groups is 1. The minimum atomic E-state index is -3.90. The lowest BCUT2D eigenvalue weighted by atomic mass is 10.1. The molecule has 0 saturated carbocycles. The minimum absolute atomic E-state index is 0.0797. The number of hydrogen-bond donors (Lipinski definition) is 1. The van der Waals surface area contributed by atoms with Crippen LogP contribution in [0.25, 0.3) is 0 Å². The molecule has 5 nitrogen and oxygen atoms in total. The third kappa shape index (κ3) is 3.42. The predicted octanol–water partition coefficient (Wildman–Crippen LogP) is 1.15. The van der Waals surface area contributed by atoms with Crippen LogP contribution in [-0.2, 0) is 25.5 Å². The van der Waals surface area contributed by atoms with Crippen molar-refractivity contribution in [2.45, 2.75) is 24.5 Å². The van der Waals surface area contributed by atoms with Gasteiger partial charge >= 0.3 is 0 Å². The summed E-state index contributed by atoms with van der Waals surface area (Å²) in [4.78, 5) is 0.0797. The van der Waals surface area contributed by atoms with Crippen molar-refractivity contribution in [1.82, 2.24) is 0 Å². The van der Waals surface area contributed by atoms with E-state index in [1.54, 1.807) is 24.3 Å². The lowest BCUT2D eigenvalue weighted by molar-refractivity contribution is -0.0145. The van der Waals surface area contributed by atoms with E-state index in [2.05, 4.69) is 0 Å². The molecule has 0 unspecified atom stereocenters. The molecule has 0 fully saturated rings. The molecule has 0 amide bonds. The Morgan fingerprint density at radius 2 is 2.26 bits per heavy atom. The maximum Gasteiger partial charge on any atom is 0.299 e. The molecule has 0 radical (unpaired) electrons. The van der Waals surface area contributed by atoms with Crippen molar-refractivity contribution in [3.05, 3.63) is 41.5 Å².